The molecule has 0 aliphatic carbocycles. The summed E-state index contributed by atoms with van der Waals surface area (Å²) in [5.41, 5.74) is 0. The smallest absolute Gasteiger partial charge is 0.451 e. The third kappa shape index (κ3) is 7.76. The summed E-state index contributed by atoms with van der Waals surface area (Å²) < 4.78 is 0. The fourth-order valence-electron chi connectivity index (χ4n) is 0.132. The molecule has 9 nitrogen and oxygen atoms in total. The number of nitrogens with zero attached hydrogens (tertiary/aromatic N) is 7. The summed E-state index contributed by atoms with van der Waals surface area (Å²) in [6.45, 7) is 6.07. The highest BCUT2D eigenvalue weighted by atomic mass is 16.4. The van der Waals surface area contributed by atoms with E-state index >= 15 is 0 Å². The van der Waals surface area contributed by atoms with Crippen LogP contribution in [0.4, 0.5) is 4.79 Å². The molecular weight excluding hydrogens is 154 g/mol. The molecule has 1 N–H and O–H groups in total. The van der Waals surface area contributed by atoms with E-state index in [0.717, 1.165) is 0 Å². The molecule has 0 aromatic rings. The molecule has 0 aromatic carbocycles. The number of rotatable bonds is 2. The lowest BCUT2D eigenvalue weighted by Gasteiger charge is -1.67. The van der Waals surface area contributed by atoms with Crippen LogP contribution in [-0.2, 0) is 0 Å². The molecule has 0 fully saturated rings. The van der Waals surface area contributed by atoms with Crippen molar-refractivity contribution in [2.45, 2.75) is 0 Å². The molecule has 0 bridgehead atoms. The average molecular weight is 155 g/mol. The minimum Gasteiger partial charge on any atom is -0.462 e. The quantitative estimate of drug-likeness (QED) is 0.371. The molecule has 0 heterocycles. The maximum atomic E-state index is 9.62. The van der Waals surface area contributed by atoms with E-state index in [-0.39, 0.29) is 0 Å². The lowest BCUT2D eigenvalue weighted by atomic mass is 11.3. The summed E-state index contributed by atoms with van der Waals surface area (Å²) >= 11 is 0. The number of hydrogen-bond donors (Lipinski definition) is 1. The Labute approximate surface area is 59.9 Å². The van der Waals surface area contributed by atoms with Gasteiger partial charge in [0.15, 0.2) is 0 Å². The standard InChI is InChI=1S/C2HN7O2/c1-3-5-7-9-8-6-4-2(10)11/h(H,10,11). The van der Waals surface area contributed by atoms with E-state index in [1.807, 2.05) is 0 Å². The molecule has 11 heavy (non-hydrogen) atoms. The second-order valence-corrected chi connectivity index (χ2v) is 0.930. The molecule has 0 saturated heterocycles. The minimum absolute atomic E-state index is 1.49. The van der Waals surface area contributed by atoms with Gasteiger partial charge in [0.25, 0.3) is 0 Å². The van der Waals surface area contributed by atoms with Crippen LogP contribution in [0.2, 0.25) is 0 Å². The lowest BCUT2D eigenvalue weighted by molar-refractivity contribution is 0.203. The summed E-state index contributed by atoms with van der Waals surface area (Å²) in [5.74, 6) is 0. The van der Waals surface area contributed by atoms with E-state index in [0.29, 0.717) is 0 Å². The summed E-state index contributed by atoms with van der Waals surface area (Å²) in [4.78, 5) is 12.1. The molecular formula is C2HN7O2. The molecule has 0 radical (unpaired) electrons. The van der Waals surface area contributed by atoms with Crippen LogP contribution >= 0.6 is 0 Å². The van der Waals surface area contributed by atoms with Crippen LogP contribution in [0, 0.1) is 6.57 Å². The number of amides is 1. The van der Waals surface area contributed by atoms with Crippen molar-refractivity contribution >= 4 is 6.09 Å². The molecule has 56 valence electrons. The van der Waals surface area contributed by atoms with Gasteiger partial charge in [0, 0.05) is 5.22 Å². The Morgan fingerprint density at radius 1 is 1.27 bits per heavy atom. The van der Waals surface area contributed by atoms with Gasteiger partial charge >= 0.3 is 6.09 Å². The van der Waals surface area contributed by atoms with Crippen LogP contribution in [0.15, 0.2) is 31.2 Å². The van der Waals surface area contributed by atoms with Gasteiger partial charge in [-0.15, -0.1) is 0 Å². The van der Waals surface area contributed by atoms with Crippen molar-refractivity contribution in [3.63, 3.8) is 0 Å². The zero-order valence-electron chi connectivity index (χ0n) is 4.99. The molecule has 9 heteroatoms. The Morgan fingerprint density at radius 2 is 1.91 bits per heavy atom. The second kappa shape index (κ2) is 5.89. The van der Waals surface area contributed by atoms with E-state index < -0.39 is 6.09 Å². The van der Waals surface area contributed by atoms with Gasteiger partial charge in [0.2, 0.25) is 10.4 Å². The van der Waals surface area contributed by atoms with Crippen LogP contribution in [0.25, 0.3) is 4.95 Å². The summed E-state index contributed by atoms with van der Waals surface area (Å²) in [7, 11) is 0. The van der Waals surface area contributed by atoms with Gasteiger partial charge in [0.05, 0.1) is 0 Å². The van der Waals surface area contributed by atoms with Crippen molar-refractivity contribution in [1.82, 2.24) is 0 Å². The molecule has 0 saturated carbocycles. The van der Waals surface area contributed by atoms with Gasteiger partial charge < -0.3 is 11.7 Å². The van der Waals surface area contributed by atoms with Crippen molar-refractivity contribution in [3.8, 4) is 0 Å². The third-order valence-corrected chi connectivity index (χ3v) is 0.335. The largest absolute Gasteiger partial charge is 0.462 e. The highest BCUT2D eigenvalue weighted by Crippen LogP contribution is 1.83. The van der Waals surface area contributed by atoms with E-state index in [4.69, 9.17) is 11.7 Å². The fourth-order valence-corrected chi connectivity index (χ4v) is 0.132. The van der Waals surface area contributed by atoms with Crippen LogP contribution in [0.1, 0.15) is 0 Å². The Kier molecular flexibility index (Phi) is 4.69. The van der Waals surface area contributed by atoms with Crippen molar-refractivity contribution in [1.29, 1.82) is 0 Å². The Bertz CT molecular complexity index is 246. The first kappa shape index (κ1) is 8.76. The van der Waals surface area contributed by atoms with Crippen LogP contribution in [0.3, 0.4) is 0 Å². The Morgan fingerprint density at radius 3 is 2.45 bits per heavy atom. The molecule has 0 aliphatic heterocycles. The number of hydrogen-bond acceptors (Lipinski definition) is 2. The normalized spacial score (nSPS) is 11.2. The number of carbonyl (C=O) groups is 1. The van der Waals surface area contributed by atoms with E-state index in [1.165, 1.54) is 0 Å². The predicted octanol–water partition coefficient (Wildman–Crippen LogP) is 1.69. The third-order valence-electron chi connectivity index (χ3n) is 0.335. The first-order valence-electron chi connectivity index (χ1n) is 2.07. The van der Waals surface area contributed by atoms with Gasteiger partial charge in [-0.2, -0.15) is 0 Å². The topological polar surface area (TPSA) is 116 Å². The van der Waals surface area contributed by atoms with Crippen LogP contribution in [-0.4, -0.2) is 11.2 Å². The second-order valence-electron chi connectivity index (χ2n) is 0.930. The molecule has 0 aromatic heterocycles. The maximum Gasteiger partial charge on any atom is 0.451 e. The van der Waals surface area contributed by atoms with Crippen molar-refractivity contribution < 1.29 is 9.90 Å². The molecule has 0 aliphatic rings. The Balaban J connectivity index is 3.71. The average Bonchev–Trinajstić information content (AvgIpc) is 1.96. The molecule has 0 rings (SSSR count). The van der Waals surface area contributed by atoms with Gasteiger partial charge in [-0.05, 0) is 10.3 Å². The summed E-state index contributed by atoms with van der Waals surface area (Å²) in [6.07, 6.45) is -1.49. The minimum atomic E-state index is -1.49. The van der Waals surface area contributed by atoms with Crippen molar-refractivity contribution in [3.05, 3.63) is 11.5 Å². The monoisotopic (exact) mass is 155 g/mol. The van der Waals surface area contributed by atoms with E-state index in [1.54, 1.807) is 0 Å². The maximum absolute atomic E-state index is 9.62. The number of carboxylic acid groups (broad SMARTS) is 1. The van der Waals surface area contributed by atoms with Gasteiger partial charge in [-0.25, -0.2) is 4.79 Å². The molecule has 1 amide bonds. The highest BCUT2D eigenvalue weighted by molar-refractivity contribution is 5.64. The van der Waals surface area contributed by atoms with Gasteiger partial charge in [-0.1, -0.05) is 0 Å². The van der Waals surface area contributed by atoms with E-state index in [2.05, 4.69) is 36.2 Å². The summed E-state index contributed by atoms with van der Waals surface area (Å²) in [6, 6.07) is 0. The molecule has 0 atom stereocenters. The van der Waals surface area contributed by atoms with Crippen LogP contribution in [0.5, 0.6) is 0 Å². The molecule has 0 unspecified atom stereocenters. The zero-order chi connectivity index (χ0) is 8.53. The van der Waals surface area contributed by atoms with Gasteiger partial charge in [0.1, 0.15) is 5.22 Å². The predicted molar refractivity (Wildman–Crippen MR) is 29.2 cm³/mol. The fraction of sp³-hybridized carbons (Fsp3) is 0. The zero-order valence-corrected chi connectivity index (χ0v) is 4.99. The highest BCUT2D eigenvalue weighted by Gasteiger charge is 1.84. The van der Waals surface area contributed by atoms with Crippen molar-refractivity contribution in [2.24, 2.45) is 31.2 Å². The summed E-state index contributed by atoms with van der Waals surface area (Å²) in [5, 5.41) is 24.0. The SMILES string of the molecule is [C-]#[N+]N=NN=NN=NC(=O)O. The van der Waals surface area contributed by atoms with Gasteiger partial charge in [-0.3, -0.25) is 4.95 Å². The lowest BCUT2D eigenvalue weighted by Crippen LogP contribution is -1.79. The first-order chi connectivity index (χ1) is 5.27. The molecule has 0 spiro atoms. The Hall–Kier alpha value is -2.24. The van der Waals surface area contributed by atoms with Crippen molar-refractivity contribution in [2.75, 3.05) is 0 Å². The van der Waals surface area contributed by atoms with E-state index in [9.17, 15) is 4.79 Å². The first-order valence-corrected chi connectivity index (χ1v) is 2.07. The van der Waals surface area contributed by atoms with Crippen LogP contribution < -0.4 is 0 Å².